The normalized spacial score (nSPS) is 26.3. The smallest absolute Gasteiger partial charge is 0.330 e. The van der Waals surface area contributed by atoms with Crippen LogP contribution in [0.5, 0.6) is 0 Å². The fraction of sp³-hybridized carbons (Fsp3) is 0.400. The van der Waals surface area contributed by atoms with Gasteiger partial charge in [-0.05, 0) is 25.3 Å². The van der Waals surface area contributed by atoms with Gasteiger partial charge in [0.15, 0.2) is 0 Å². The van der Waals surface area contributed by atoms with Gasteiger partial charge in [-0.2, -0.15) is 5.06 Å². The van der Waals surface area contributed by atoms with E-state index in [1.54, 1.807) is 0 Å². The molecule has 19 heavy (non-hydrogen) atoms. The second-order valence-corrected chi connectivity index (χ2v) is 5.08. The van der Waals surface area contributed by atoms with Gasteiger partial charge in [-0.1, -0.05) is 42.5 Å². The second kappa shape index (κ2) is 5.05. The number of hydroxylamine groups is 2. The zero-order valence-electron chi connectivity index (χ0n) is 11.0. The molecule has 0 radical (unpaired) electrons. The molecule has 0 spiro atoms. The van der Waals surface area contributed by atoms with Crippen molar-refractivity contribution in [1.82, 2.24) is 10.4 Å². The minimum absolute atomic E-state index is 0.0262. The average molecular weight is 258 g/mol. The molecule has 0 saturated carbocycles. The predicted octanol–water partition coefficient (Wildman–Crippen LogP) is 2.79. The molecule has 2 aliphatic heterocycles. The Labute approximate surface area is 113 Å². The van der Waals surface area contributed by atoms with Gasteiger partial charge >= 0.3 is 6.03 Å². The third kappa shape index (κ3) is 2.49. The van der Waals surface area contributed by atoms with Crippen molar-refractivity contribution in [2.45, 2.75) is 38.0 Å². The fourth-order valence-electron chi connectivity index (χ4n) is 2.56. The number of nitrogens with zero attached hydrogens (tertiary/aromatic N) is 1. The van der Waals surface area contributed by atoms with Crippen molar-refractivity contribution in [1.29, 1.82) is 0 Å². The van der Waals surface area contributed by atoms with E-state index in [-0.39, 0.29) is 24.2 Å². The maximum Gasteiger partial charge on any atom is 0.342 e. The number of hydrogen-bond donors (Lipinski definition) is 1. The van der Waals surface area contributed by atoms with Crippen molar-refractivity contribution in [3.8, 4) is 0 Å². The van der Waals surface area contributed by atoms with Crippen molar-refractivity contribution < 1.29 is 9.63 Å². The molecule has 4 rings (SSSR count). The van der Waals surface area contributed by atoms with Crippen LogP contribution in [0.4, 0.5) is 4.79 Å². The lowest BCUT2D eigenvalue weighted by molar-refractivity contribution is -0.195. The molecule has 2 amide bonds. The molecular formula is C15H18N2O2. The predicted molar refractivity (Wildman–Crippen MR) is 72.3 cm³/mol. The van der Waals surface area contributed by atoms with Gasteiger partial charge in [0, 0.05) is 0 Å². The van der Waals surface area contributed by atoms with Crippen LogP contribution in [0.3, 0.4) is 0 Å². The second-order valence-electron chi connectivity index (χ2n) is 5.08. The summed E-state index contributed by atoms with van der Waals surface area (Å²) in [4.78, 5) is 17.8. The Morgan fingerprint density at radius 3 is 2.68 bits per heavy atom. The number of fused-ring (bicyclic) bond motifs is 2. The SMILES string of the molecule is CC(NC(=O)N1OC2C=CC1CC2)c1ccccc1. The molecule has 100 valence electrons. The molecular weight excluding hydrogens is 240 g/mol. The monoisotopic (exact) mass is 258 g/mol. The number of benzene rings is 1. The number of rotatable bonds is 2. The molecule has 1 aromatic carbocycles. The van der Waals surface area contributed by atoms with Crippen LogP contribution in [-0.4, -0.2) is 23.2 Å². The highest BCUT2D eigenvalue weighted by atomic mass is 16.7. The first-order valence-electron chi connectivity index (χ1n) is 6.74. The molecule has 2 heterocycles. The van der Waals surface area contributed by atoms with Crippen LogP contribution in [0.25, 0.3) is 0 Å². The van der Waals surface area contributed by atoms with Crippen LogP contribution >= 0.6 is 0 Å². The van der Waals surface area contributed by atoms with E-state index in [2.05, 4.69) is 11.4 Å². The van der Waals surface area contributed by atoms with Gasteiger partial charge in [0.1, 0.15) is 6.10 Å². The highest BCUT2D eigenvalue weighted by Crippen LogP contribution is 2.27. The quantitative estimate of drug-likeness (QED) is 0.829. The third-order valence-electron chi connectivity index (χ3n) is 3.68. The van der Waals surface area contributed by atoms with Crippen molar-refractivity contribution in [3.63, 3.8) is 0 Å². The van der Waals surface area contributed by atoms with E-state index in [9.17, 15) is 4.79 Å². The summed E-state index contributed by atoms with van der Waals surface area (Å²) in [6.07, 6.45) is 6.14. The van der Waals surface area contributed by atoms with E-state index >= 15 is 0 Å². The summed E-state index contributed by atoms with van der Waals surface area (Å²) in [7, 11) is 0. The molecule has 1 N–H and O–H groups in total. The first-order valence-corrected chi connectivity index (χ1v) is 6.74. The van der Waals surface area contributed by atoms with Crippen LogP contribution in [0.1, 0.15) is 31.4 Å². The minimum atomic E-state index is -0.157. The highest BCUT2D eigenvalue weighted by molar-refractivity contribution is 5.74. The number of hydrogen-bond acceptors (Lipinski definition) is 2. The number of carbonyl (C=O) groups is 1. The minimum Gasteiger partial charge on any atom is -0.330 e. The Balaban J connectivity index is 1.64. The summed E-state index contributed by atoms with van der Waals surface area (Å²) >= 11 is 0. The topological polar surface area (TPSA) is 41.6 Å². The third-order valence-corrected chi connectivity index (χ3v) is 3.68. The van der Waals surface area contributed by atoms with E-state index < -0.39 is 0 Å². The molecule has 3 atom stereocenters. The molecule has 0 aromatic heterocycles. The number of nitrogens with one attached hydrogen (secondary N) is 1. The zero-order valence-corrected chi connectivity index (χ0v) is 11.0. The van der Waals surface area contributed by atoms with Crippen LogP contribution in [0.2, 0.25) is 0 Å². The zero-order chi connectivity index (χ0) is 13.2. The van der Waals surface area contributed by atoms with E-state index in [4.69, 9.17) is 4.84 Å². The Kier molecular flexibility index (Phi) is 3.25. The number of carbonyl (C=O) groups excluding carboxylic acids is 1. The van der Waals surface area contributed by atoms with Gasteiger partial charge in [-0.25, -0.2) is 4.79 Å². The van der Waals surface area contributed by atoms with E-state index in [0.29, 0.717) is 0 Å². The summed E-state index contributed by atoms with van der Waals surface area (Å²) in [5, 5.41) is 4.46. The maximum absolute atomic E-state index is 12.2. The van der Waals surface area contributed by atoms with Gasteiger partial charge in [0.05, 0.1) is 12.1 Å². The van der Waals surface area contributed by atoms with E-state index in [1.165, 1.54) is 5.06 Å². The lowest BCUT2D eigenvalue weighted by Gasteiger charge is -2.40. The molecule has 4 heteroatoms. The summed E-state index contributed by atoms with van der Waals surface area (Å²) in [6.45, 7) is 1.98. The molecule has 2 bridgehead atoms. The first kappa shape index (κ1) is 12.2. The first-order chi connectivity index (χ1) is 9.24. The fourth-order valence-corrected chi connectivity index (χ4v) is 2.56. The summed E-state index contributed by atoms with van der Waals surface area (Å²) in [5.41, 5.74) is 1.09. The lowest BCUT2D eigenvalue weighted by atomic mass is 9.98. The van der Waals surface area contributed by atoms with Crippen molar-refractivity contribution in [2.75, 3.05) is 0 Å². The maximum atomic E-state index is 12.2. The van der Waals surface area contributed by atoms with Crippen LogP contribution in [0, 0.1) is 0 Å². The van der Waals surface area contributed by atoms with Gasteiger partial charge in [0.25, 0.3) is 0 Å². The van der Waals surface area contributed by atoms with Crippen LogP contribution in [0.15, 0.2) is 42.5 Å². The Bertz CT molecular complexity index is 486. The van der Waals surface area contributed by atoms with Gasteiger partial charge in [-0.15, -0.1) is 0 Å². The van der Waals surface area contributed by atoms with Crippen LogP contribution in [-0.2, 0) is 4.84 Å². The summed E-state index contributed by atoms with van der Waals surface area (Å²) in [6, 6.07) is 9.82. The average Bonchev–Trinajstić information content (AvgIpc) is 2.49. The molecule has 3 unspecified atom stereocenters. The van der Waals surface area contributed by atoms with Crippen LogP contribution < -0.4 is 5.32 Å². The van der Waals surface area contributed by atoms with Gasteiger partial charge in [-0.3, -0.25) is 4.84 Å². The van der Waals surface area contributed by atoms with E-state index in [1.807, 2.05) is 43.3 Å². The number of urea groups is 1. The van der Waals surface area contributed by atoms with Gasteiger partial charge < -0.3 is 5.32 Å². The standard InChI is InChI=1S/C15H18N2O2/c1-11(12-5-3-2-4-6-12)16-15(18)17-13-7-9-14(19-17)10-8-13/h2-7,9,11,13-14H,8,10H2,1H3,(H,16,18). The Hall–Kier alpha value is -1.81. The van der Waals surface area contributed by atoms with Crippen molar-refractivity contribution >= 4 is 6.03 Å². The van der Waals surface area contributed by atoms with Crippen molar-refractivity contribution in [3.05, 3.63) is 48.0 Å². The molecule has 1 aliphatic carbocycles. The lowest BCUT2D eigenvalue weighted by Crippen LogP contribution is -2.52. The molecule has 1 aromatic rings. The largest absolute Gasteiger partial charge is 0.342 e. The molecule has 1 saturated heterocycles. The number of amides is 2. The molecule has 4 nitrogen and oxygen atoms in total. The summed E-state index contributed by atoms with van der Waals surface area (Å²) < 4.78 is 0. The Morgan fingerprint density at radius 2 is 2.11 bits per heavy atom. The van der Waals surface area contributed by atoms with E-state index in [0.717, 1.165) is 18.4 Å². The Morgan fingerprint density at radius 1 is 1.32 bits per heavy atom. The van der Waals surface area contributed by atoms with Gasteiger partial charge in [0.2, 0.25) is 0 Å². The van der Waals surface area contributed by atoms with Crippen molar-refractivity contribution in [2.24, 2.45) is 0 Å². The summed E-state index contributed by atoms with van der Waals surface area (Å²) in [5.74, 6) is 0. The highest BCUT2D eigenvalue weighted by Gasteiger charge is 2.34. The molecule has 1 fully saturated rings. The molecule has 3 aliphatic rings.